The van der Waals surface area contributed by atoms with E-state index < -0.39 is 0 Å². The molecule has 4 rings (SSSR count). The molecule has 0 saturated carbocycles. The number of halogens is 1. The molecule has 0 unspecified atom stereocenters. The molecule has 0 radical (unpaired) electrons. The number of amides is 1. The predicted molar refractivity (Wildman–Crippen MR) is 144 cm³/mol. The summed E-state index contributed by atoms with van der Waals surface area (Å²) >= 11 is 8.83. The van der Waals surface area contributed by atoms with Gasteiger partial charge in [-0.15, -0.1) is 10.2 Å². The SMILES string of the molecule is CCOc1ccc(-n2nc3cc(C)c(NC(=S)NC(=O)c4cc(Br)cc(C)c4OC)cc3n2)cc1. The standard InChI is InChI=1S/C25H24BrN5O3S/c1-5-34-18-8-6-17(7-9-18)31-29-21-11-14(2)20(13-22(21)30-31)27-25(35)28-24(32)19-12-16(26)10-15(3)23(19)33-4/h6-13H,5H2,1-4H3,(H2,27,28,32,35). The molecule has 1 amide bonds. The van der Waals surface area contributed by atoms with E-state index in [1.165, 1.54) is 7.11 Å². The van der Waals surface area contributed by atoms with Crippen molar-refractivity contribution in [1.29, 1.82) is 0 Å². The van der Waals surface area contributed by atoms with Gasteiger partial charge >= 0.3 is 0 Å². The lowest BCUT2D eigenvalue weighted by Gasteiger charge is -2.14. The number of rotatable bonds is 6. The minimum Gasteiger partial charge on any atom is -0.496 e. The molecule has 0 bridgehead atoms. The number of fused-ring (bicyclic) bond motifs is 1. The summed E-state index contributed by atoms with van der Waals surface area (Å²) in [5, 5.41) is 15.1. The quantitative estimate of drug-likeness (QED) is 0.311. The maximum Gasteiger partial charge on any atom is 0.261 e. The summed E-state index contributed by atoms with van der Waals surface area (Å²) in [6, 6.07) is 14.9. The van der Waals surface area contributed by atoms with Gasteiger partial charge in [-0.2, -0.15) is 4.80 Å². The second-order valence-electron chi connectivity index (χ2n) is 7.78. The Balaban J connectivity index is 1.53. The number of nitrogens with zero attached hydrogens (tertiary/aromatic N) is 3. The van der Waals surface area contributed by atoms with Gasteiger partial charge in [0.2, 0.25) is 0 Å². The van der Waals surface area contributed by atoms with Crippen LogP contribution in [0.2, 0.25) is 0 Å². The van der Waals surface area contributed by atoms with Crippen LogP contribution in [0.25, 0.3) is 16.7 Å². The fraction of sp³-hybridized carbons (Fsp3) is 0.200. The van der Waals surface area contributed by atoms with Crippen molar-refractivity contribution >= 4 is 55.9 Å². The highest BCUT2D eigenvalue weighted by atomic mass is 79.9. The maximum absolute atomic E-state index is 12.9. The van der Waals surface area contributed by atoms with Gasteiger partial charge in [0.25, 0.3) is 5.91 Å². The molecule has 1 heterocycles. The normalized spacial score (nSPS) is 10.8. The lowest BCUT2D eigenvalue weighted by Crippen LogP contribution is -2.34. The van der Waals surface area contributed by atoms with E-state index in [9.17, 15) is 4.79 Å². The Morgan fingerprint density at radius 2 is 1.74 bits per heavy atom. The van der Waals surface area contributed by atoms with Crippen molar-refractivity contribution in [2.45, 2.75) is 20.8 Å². The molecule has 3 aromatic carbocycles. The van der Waals surface area contributed by atoms with Crippen LogP contribution in [0.5, 0.6) is 11.5 Å². The fourth-order valence-corrected chi connectivity index (χ4v) is 4.43. The Morgan fingerprint density at radius 3 is 2.40 bits per heavy atom. The number of carbonyl (C=O) groups excluding carboxylic acids is 1. The molecule has 0 spiro atoms. The van der Waals surface area contributed by atoms with Gasteiger partial charge < -0.3 is 14.8 Å². The minimum atomic E-state index is -0.371. The third kappa shape index (κ3) is 5.44. The molecule has 0 aliphatic heterocycles. The summed E-state index contributed by atoms with van der Waals surface area (Å²) in [5.41, 5.74) is 5.09. The number of anilines is 1. The van der Waals surface area contributed by atoms with Gasteiger partial charge in [-0.25, -0.2) is 0 Å². The number of carbonyl (C=O) groups is 1. The number of aryl methyl sites for hydroxylation is 2. The molecule has 8 nitrogen and oxygen atoms in total. The van der Waals surface area contributed by atoms with Gasteiger partial charge in [0, 0.05) is 10.2 Å². The van der Waals surface area contributed by atoms with Crippen molar-refractivity contribution in [2.75, 3.05) is 19.0 Å². The predicted octanol–water partition coefficient (Wildman–Crippen LogP) is 5.33. The van der Waals surface area contributed by atoms with Gasteiger partial charge in [-0.05, 0) is 92.6 Å². The lowest BCUT2D eigenvalue weighted by atomic mass is 10.1. The molecule has 0 fully saturated rings. The van der Waals surface area contributed by atoms with Gasteiger partial charge in [0.15, 0.2) is 5.11 Å². The molecule has 0 atom stereocenters. The highest BCUT2D eigenvalue weighted by molar-refractivity contribution is 9.10. The number of nitrogens with one attached hydrogen (secondary N) is 2. The molecule has 0 aliphatic rings. The third-order valence-electron chi connectivity index (χ3n) is 5.27. The second kappa shape index (κ2) is 10.4. The van der Waals surface area contributed by atoms with E-state index in [0.29, 0.717) is 23.4 Å². The first-order chi connectivity index (χ1) is 16.8. The zero-order chi connectivity index (χ0) is 25.1. The van der Waals surface area contributed by atoms with Gasteiger partial charge in [-0.3, -0.25) is 10.1 Å². The van der Waals surface area contributed by atoms with Gasteiger partial charge in [-0.1, -0.05) is 15.9 Å². The second-order valence-corrected chi connectivity index (χ2v) is 9.11. The monoisotopic (exact) mass is 553 g/mol. The highest BCUT2D eigenvalue weighted by Gasteiger charge is 2.17. The van der Waals surface area contributed by atoms with E-state index in [-0.39, 0.29) is 11.0 Å². The Kier molecular flexibility index (Phi) is 7.32. The zero-order valence-corrected chi connectivity index (χ0v) is 22.1. The molecule has 10 heteroatoms. The fourth-order valence-electron chi connectivity index (χ4n) is 3.65. The molecule has 35 heavy (non-hydrogen) atoms. The van der Waals surface area contributed by atoms with Crippen LogP contribution in [0, 0.1) is 13.8 Å². The number of benzene rings is 3. The van der Waals surface area contributed by atoms with E-state index in [0.717, 1.165) is 38.2 Å². The molecule has 0 aliphatic carbocycles. The van der Waals surface area contributed by atoms with Crippen LogP contribution < -0.4 is 20.1 Å². The smallest absolute Gasteiger partial charge is 0.261 e. The van der Waals surface area contributed by atoms with Crippen molar-refractivity contribution in [1.82, 2.24) is 20.3 Å². The van der Waals surface area contributed by atoms with Crippen LogP contribution in [0.15, 0.2) is 53.0 Å². The summed E-state index contributed by atoms with van der Waals surface area (Å²) in [6.07, 6.45) is 0. The number of methoxy groups -OCH3 is 1. The Hall–Kier alpha value is -3.50. The van der Waals surface area contributed by atoms with Crippen LogP contribution in [0.3, 0.4) is 0 Å². The van der Waals surface area contributed by atoms with Crippen LogP contribution in [-0.2, 0) is 0 Å². The average Bonchev–Trinajstić information content (AvgIpc) is 3.22. The van der Waals surface area contributed by atoms with Crippen molar-refractivity contribution in [3.63, 3.8) is 0 Å². The average molecular weight is 554 g/mol. The van der Waals surface area contributed by atoms with E-state index in [4.69, 9.17) is 21.7 Å². The van der Waals surface area contributed by atoms with Crippen LogP contribution in [0.1, 0.15) is 28.4 Å². The van der Waals surface area contributed by atoms with Crippen LogP contribution in [-0.4, -0.2) is 39.7 Å². The van der Waals surface area contributed by atoms with E-state index in [1.807, 2.05) is 63.2 Å². The first-order valence-electron chi connectivity index (χ1n) is 10.9. The summed E-state index contributed by atoms with van der Waals surface area (Å²) < 4.78 is 11.7. The lowest BCUT2D eigenvalue weighted by molar-refractivity contribution is 0.0974. The minimum absolute atomic E-state index is 0.163. The van der Waals surface area contributed by atoms with E-state index >= 15 is 0 Å². The van der Waals surface area contributed by atoms with E-state index in [2.05, 4.69) is 36.8 Å². The zero-order valence-electron chi connectivity index (χ0n) is 19.7. The highest BCUT2D eigenvalue weighted by Crippen LogP contribution is 2.28. The van der Waals surface area contributed by atoms with Crippen molar-refractivity contribution < 1.29 is 14.3 Å². The molecule has 4 aromatic rings. The number of thiocarbonyl (C=S) groups is 1. The Bertz CT molecular complexity index is 1420. The molecule has 0 saturated heterocycles. The van der Waals surface area contributed by atoms with E-state index in [1.54, 1.807) is 10.9 Å². The summed E-state index contributed by atoms with van der Waals surface area (Å²) in [7, 11) is 1.53. The molecular formula is C25H24BrN5O3S. The number of hydrogen-bond acceptors (Lipinski definition) is 6. The number of ether oxygens (including phenoxy) is 2. The maximum atomic E-state index is 12.9. The molecular weight excluding hydrogens is 530 g/mol. The molecule has 1 aromatic heterocycles. The number of aromatic nitrogens is 3. The van der Waals surface area contributed by atoms with Crippen LogP contribution >= 0.6 is 28.1 Å². The first-order valence-corrected chi connectivity index (χ1v) is 12.1. The summed E-state index contributed by atoms with van der Waals surface area (Å²) in [6.45, 7) is 6.36. The summed E-state index contributed by atoms with van der Waals surface area (Å²) in [4.78, 5) is 14.5. The van der Waals surface area contributed by atoms with Crippen molar-refractivity contribution in [3.05, 3.63) is 69.7 Å². The van der Waals surface area contributed by atoms with Gasteiger partial charge in [0.1, 0.15) is 22.5 Å². The molecule has 180 valence electrons. The van der Waals surface area contributed by atoms with Crippen molar-refractivity contribution in [3.8, 4) is 17.2 Å². The van der Waals surface area contributed by atoms with Gasteiger partial charge in [0.05, 0.1) is 25.0 Å². The third-order valence-corrected chi connectivity index (χ3v) is 5.93. The number of hydrogen-bond donors (Lipinski definition) is 2. The van der Waals surface area contributed by atoms with Crippen molar-refractivity contribution in [2.24, 2.45) is 0 Å². The first kappa shape index (κ1) is 24.6. The topological polar surface area (TPSA) is 90.3 Å². The largest absolute Gasteiger partial charge is 0.496 e. The molecule has 2 N–H and O–H groups in total. The Labute approximate surface area is 216 Å². The summed E-state index contributed by atoms with van der Waals surface area (Å²) in [5.74, 6) is 0.919. The van der Waals surface area contributed by atoms with Crippen LogP contribution in [0.4, 0.5) is 5.69 Å². The Morgan fingerprint density at radius 1 is 1.06 bits per heavy atom.